The topological polar surface area (TPSA) is 60.7 Å². The minimum atomic E-state index is -0.207. The first-order valence-electron chi connectivity index (χ1n) is 6.06. The molecule has 0 aliphatic carbocycles. The summed E-state index contributed by atoms with van der Waals surface area (Å²) in [6.45, 7) is 6.03. The molecule has 1 aromatic carbocycles. The van der Waals surface area contributed by atoms with E-state index in [1.807, 2.05) is 12.1 Å². The monoisotopic (exact) mass is 238 g/mol. The van der Waals surface area contributed by atoms with E-state index in [1.54, 1.807) is 0 Å². The number of hydrogen-bond acceptors (Lipinski definition) is 3. The van der Waals surface area contributed by atoms with Crippen molar-refractivity contribution in [3.05, 3.63) is 28.8 Å². The fourth-order valence-corrected chi connectivity index (χ4v) is 2.16. The van der Waals surface area contributed by atoms with E-state index < -0.39 is 0 Å². The fourth-order valence-electron chi connectivity index (χ4n) is 2.16. The Morgan fingerprint density at radius 3 is 1.82 bits per heavy atom. The molecule has 0 spiro atoms. The van der Waals surface area contributed by atoms with Crippen LogP contribution in [0.3, 0.4) is 0 Å². The van der Waals surface area contributed by atoms with Gasteiger partial charge in [0.05, 0.1) is 13.2 Å². The highest BCUT2D eigenvalue weighted by atomic mass is 16.3. The van der Waals surface area contributed by atoms with Crippen molar-refractivity contribution in [2.24, 2.45) is 5.92 Å². The minimum Gasteiger partial charge on any atom is -0.507 e. The second kappa shape index (κ2) is 6.03. The van der Waals surface area contributed by atoms with Crippen LogP contribution in [0.2, 0.25) is 0 Å². The second-order valence-electron chi connectivity index (χ2n) is 5.03. The van der Waals surface area contributed by atoms with Crippen LogP contribution in [0, 0.1) is 5.92 Å². The number of aliphatic hydroxyl groups excluding tert-OH is 2. The zero-order valence-corrected chi connectivity index (χ0v) is 10.8. The molecular weight excluding hydrogens is 216 g/mol. The molecule has 0 radical (unpaired) electrons. The van der Waals surface area contributed by atoms with Gasteiger partial charge in [0.25, 0.3) is 0 Å². The third-order valence-corrected chi connectivity index (χ3v) is 3.02. The zero-order valence-electron chi connectivity index (χ0n) is 10.8. The van der Waals surface area contributed by atoms with Crippen molar-refractivity contribution in [3.63, 3.8) is 0 Å². The van der Waals surface area contributed by atoms with Crippen molar-refractivity contribution in [3.8, 4) is 5.75 Å². The van der Waals surface area contributed by atoms with E-state index in [0.717, 1.165) is 12.0 Å². The second-order valence-corrected chi connectivity index (χ2v) is 5.03. The van der Waals surface area contributed by atoms with Crippen molar-refractivity contribution < 1.29 is 15.3 Å². The summed E-state index contributed by atoms with van der Waals surface area (Å²) >= 11 is 0. The zero-order chi connectivity index (χ0) is 13.0. The van der Waals surface area contributed by atoms with Crippen LogP contribution in [0.4, 0.5) is 0 Å². The Labute approximate surface area is 103 Å². The predicted molar refractivity (Wildman–Crippen MR) is 67.8 cm³/mol. The molecule has 1 unspecified atom stereocenters. The predicted octanol–water partition coefficient (Wildman–Crippen LogP) is 2.53. The summed E-state index contributed by atoms with van der Waals surface area (Å²) in [5.41, 5.74) is 2.04. The van der Waals surface area contributed by atoms with Crippen LogP contribution in [0.25, 0.3) is 0 Å². The molecule has 17 heavy (non-hydrogen) atoms. The van der Waals surface area contributed by atoms with Crippen molar-refractivity contribution in [1.29, 1.82) is 0 Å². The van der Waals surface area contributed by atoms with Crippen LogP contribution in [0.1, 0.15) is 49.8 Å². The molecule has 3 N–H and O–H groups in total. The lowest BCUT2D eigenvalue weighted by Crippen LogP contribution is -2.02. The molecule has 1 aromatic rings. The standard InChI is InChI=1S/C14H22O3/c1-9(2)4-10(3)11-5-12(7-15)14(17)13(6-11)8-16/h5-6,9-10,15-17H,4,7-8H2,1-3H3. The fraction of sp³-hybridized carbons (Fsp3) is 0.571. The maximum absolute atomic E-state index is 9.76. The van der Waals surface area contributed by atoms with Gasteiger partial charge in [0.1, 0.15) is 5.75 Å². The van der Waals surface area contributed by atoms with Gasteiger partial charge in [0.15, 0.2) is 0 Å². The van der Waals surface area contributed by atoms with E-state index in [4.69, 9.17) is 0 Å². The largest absolute Gasteiger partial charge is 0.507 e. The van der Waals surface area contributed by atoms with Gasteiger partial charge in [0, 0.05) is 11.1 Å². The first-order valence-corrected chi connectivity index (χ1v) is 6.06. The van der Waals surface area contributed by atoms with Gasteiger partial charge < -0.3 is 15.3 Å². The summed E-state index contributed by atoms with van der Waals surface area (Å²) in [4.78, 5) is 0. The first kappa shape index (κ1) is 14.0. The number of phenols is 1. The Morgan fingerprint density at radius 1 is 1.00 bits per heavy atom. The van der Waals surface area contributed by atoms with Crippen molar-refractivity contribution in [2.75, 3.05) is 0 Å². The number of aromatic hydroxyl groups is 1. The summed E-state index contributed by atoms with van der Waals surface area (Å²) in [6.07, 6.45) is 1.04. The lowest BCUT2D eigenvalue weighted by molar-refractivity contribution is 0.263. The lowest BCUT2D eigenvalue weighted by atomic mass is 9.89. The molecule has 96 valence electrons. The summed E-state index contributed by atoms with van der Waals surface area (Å²) < 4.78 is 0. The van der Waals surface area contributed by atoms with Crippen LogP contribution in [0.5, 0.6) is 5.75 Å². The average molecular weight is 238 g/mol. The van der Waals surface area contributed by atoms with Gasteiger partial charge in [-0.05, 0) is 36.0 Å². The summed E-state index contributed by atoms with van der Waals surface area (Å²) in [6, 6.07) is 3.64. The molecule has 0 heterocycles. The third-order valence-electron chi connectivity index (χ3n) is 3.02. The average Bonchev–Trinajstić information content (AvgIpc) is 2.28. The Hall–Kier alpha value is -1.06. The SMILES string of the molecule is CC(C)CC(C)c1cc(CO)c(O)c(CO)c1. The van der Waals surface area contributed by atoms with Crippen LogP contribution >= 0.6 is 0 Å². The smallest absolute Gasteiger partial charge is 0.126 e. The first-order chi connectivity index (χ1) is 7.99. The van der Waals surface area contributed by atoms with Crippen LogP contribution in [0.15, 0.2) is 12.1 Å². The normalized spacial score (nSPS) is 13.1. The molecule has 0 saturated heterocycles. The Balaban J connectivity index is 3.08. The van der Waals surface area contributed by atoms with Gasteiger partial charge >= 0.3 is 0 Å². The van der Waals surface area contributed by atoms with Gasteiger partial charge in [0.2, 0.25) is 0 Å². The van der Waals surface area contributed by atoms with E-state index >= 15 is 0 Å². The Morgan fingerprint density at radius 2 is 1.47 bits per heavy atom. The quantitative estimate of drug-likeness (QED) is 0.738. The van der Waals surface area contributed by atoms with E-state index in [9.17, 15) is 15.3 Å². The van der Waals surface area contributed by atoms with Gasteiger partial charge in [-0.25, -0.2) is 0 Å². The molecule has 0 fully saturated rings. The molecule has 1 rings (SSSR count). The summed E-state index contributed by atoms with van der Waals surface area (Å²) in [5, 5.41) is 28.1. The number of rotatable bonds is 5. The molecule has 3 heteroatoms. The van der Waals surface area contributed by atoms with Gasteiger partial charge in [-0.15, -0.1) is 0 Å². The highest BCUT2D eigenvalue weighted by Crippen LogP contribution is 2.31. The Bertz CT molecular complexity index is 347. The molecule has 0 amide bonds. The molecule has 0 aliphatic heterocycles. The molecule has 0 aromatic heterocycles. The highest BCUT2D eigenvalue weighted by molar-refractivity contribution is 5.44. The molecule has 0 bridgehead atoms. The maximum Gasteiger partial charge on any atom is 0.126 e. The molecule has 1 atom stereocenters. The number of aliphatic hydroxyl groups is 2. The molecule has 0 saturated carbocycles. The van der Waals surface area contributed by atoms with Gasteiger partial charge in [-0.3, -0.25) is 0 Å². The summed E-state index contributed by atoms with van der Waals surface area (Å²) in [7, 11) is 0. The van der Waals surface area contributed by atoms with Crippen LogP contribution in [-0.4, -0.2) is 15.3 Å². The van der Waals surface area contributed by atoms with Gasteiger partial charge in [-0.2, -0.15) is 0 Å². The van der Waals surface area contributed by atoms with Crippen LogP contribution < -0.4 is 0 Å². The van der Waals surface area contributed by atoms with Crippen molar-refractivity contribution in [1.82, 2.24) is 0 Å². The number of hydrogen-bond donors (Lipinski definition) is 3. The van der Waals surface area contributed by atoms with Crippen molar-refractivity contribution in [2.45, 2.75) is 46.3 Å². The van der Waals surface area contributed by atoms with Gasteiger partial charge in [-0.1, -0.05) is 20.8 Å². The van der Waals surface area contributed by atoms with E-state index in [2.05, 4.69) is 20.8 Å². The molecule has 3 nitrogen and oxygen atoms in total. The highest BCUT2D eigenvalue weighted by Gasteiger charge is 2.14. The van der Waals surface area contributed by atoms with E-state index in [-0.39, 0.29) is 19.0 Å². The third kappa shape index (κ3) is 3.45. The molecule has 0 aliphatic rings. The Kier molecular flexibility index (Phi) is 4.97. The molecular formula is C14H22O3. The lowest BCUT2D eigenvalue weighted by Gasteiger charge is -2.17. The minimum absolute atomic E-state index is 0.00972. The number of benzene rings is 1. The van der Waals surface area contributed by atoms with E-state index in [0.29, 0.717) is 23.0 Å². The van der Waals surface area contributed by atoms with Crippen molar-refractivity contribution >= 4 is 0 Å². The maximum atomic E-state index is 9.76. The summed E-state index contributed by atoms with van der Waals surface area (Å²) in [5.74, 6) is 0.954. The van der Waals surface area contributed by atoms with E-state index in [1.165, 1.54) is 0 Å². The van der Waals surface area contributed by atoms with Crippen LogP contribution in [-0.2, 0) is 13.2 Å².